The molecule has 0 unspecified atom stereocenters. The minimum absolute atomic E-state index is 0. The van der Waals surface area contributed by atoms with Crippen LogP contribution < -0.4 is 29.4 Å². The summed E-state index contributed by atoms with van der Waals surface area (Å²) in [5, 5.41) is 0. The van der Waals surface area contributed by atoms with E-state index in [0.29, 0.717) is 0 Å². The SMILES string of the molecule is O=P([O-])([O-])[O-].O=P([O-])([O-])[O-].[Al+3].[P+3]. The van der Waals surface area contributed by atoms with Gasteiger partial charge in [-0.05, 0) is 0 Å². The normalized spacial score (nSPS) is 9.83. The van der Waals surface area contributed by atoms with Crippen LogP contribution >= 0.6 is 25.5 Å². The molecular formula is AlO8P3. The molecule has 12 heteroatoms. The zero-order valence-corrected chi connectivity index (χ0v) is 9.02. The van der Waals surface area contributed by atoms with Crippen molar-refractivity contribution in [3.63, 3.8) is 0 Å². The van der Waals surface area contributed by atoms with Gasteiger partial charge in [0.25, 0.3) is 0 Å². The topological polar surface area (TPSA) is 172 Å². The van der Waals surface area contributed by atoms with Gasteiger partial charge in [-0.2, -0.15) is 15.6 Å². The molecule has 0 amide bonds. The van der Waals surface area contributed by atoms with Crippen molar-refractivity contribution in [2.75, 3.05) is 0 Å². The Morgan fingerprint density at radius 2 is 0.667 bits per heavy atom. The Labute approximate surface area is 81.9 Å². The first-order valence-corrected chi connectivity index (χ1v) is 4.38. The summed E-state index contributed by atoms with van der Waals surface area (Å²) in [5.74, 6) is 0. The summed E-state index contributed by atoms with van der Waals surface area (Å²) in [6.07, 6.45) is 0. The zero-order chi connectivity index (χ0) is 9.00. The Balaban J connectivity index is -0.0000000457. The first-order valence-electron chi connectivity index (χ1n) is 1.46. The van der Waals surface area contributed by atoms with E-state index in [0.717, 1.165) is 0 Å². The molecule has 0 rings (SSSR count). The van der Waals surface area contributed by atoms with E-state index in [-0.39, 0.29) is 27.3 Å². The maximum absolute atomic E-state index is 8.55. The van der Waals surface area contributed by atoms with E-state index in [1.54, 1.807) is 0 Å². The van der Waals surface area contributed by atoms with E-state index >= 15 is 0 Å². The predicted octanol–water partition coefficient (Wildman–Crippen LogP) is -5.17. The van der Waals surface area contributed by atoms with Crippen molar-refractivity contribution in [1.29, 1.82) is 0 Å². The van der Waals surface area contributed by atoms with E-state index < -0.39 is 15.6 Å². The van der Waals surface area contributed by atoms with Crippen LogP contribution in [0.25, 0.3) is 0 Å². The molecule has 0 aliphatic heterocycles. The molecule has 0 aliphatic rings. The standard InChI is InChI=1S/Al.2H3O4P.P/c;2*1-5(2,3)4;/h;2*(H3,1,2,3,4);/q+3;;;+3/p-6. The van der Waals surface area contributed by atoms with E-state index in [1.165, 1.54) is 0 Å². The summed E-state index contributed by atoms with van der Waals surface area (Å²) in [6.45, 7) is 0. The third kappa shape index (κ3) is 829. The van der Waals surface area contributed by atoms with Crippen LogP contribution in [-0.2, 0) is 9.13 Å². The predicted molar refractivity (Wildman–Crippen MR) is 27.9 cm³/mol. The van der Waals surface area contributed by atoms with Crippen LogP contribution in [0.1, 0.15) is 0 Å². The molecule has 0 aromatic carbocycles. The second-order valence-electron chi connectivity index (χ2n) is 0.894. The molecule has 0 saturated heterocycles. The van der Waals surface area contributed by atoms with Gasteiger partial charge in [0, 0.05) is 0 Å². The van der Waals surface area contributed by atoms with Gasteiger partial charge in [0.1, 0.15) is 0 Å². The molecule has 66 valence electrons. The van der Waals surface area contributed by atoms with Gasteiger partial charge < -0.3 is 38.5 Å². The number of rotatable bonds is 0. The molecule has 12 heavy (non-hydrogen) atoms. The molecule has 0 fully saturated rings. The molecule has 0 aliphatic carbocycles. The van der Waals surface area contributed by atoms with E-state index in [1.807, 2.05) is 0 Å². The van der Waals surface area contributed by atoms with Crippen molar-refractivity contribution >= 4 is 42.9 Å². The largest absolute Gasteiger partial charge is 3.00 e. The first kappa shape index (κ1) is 23.2. The molecular weight excluding hydrogens is 248 g/mol. The quantitative estimate of drug-likeness (QED) is 0.302. The van der Waals surface area contributed by atoms with Gasteiger partial charge >= 0.3 is 27.3 Å². The van der Waals surface area contributed by atoms with Gasteiger partial charge in [0.05, 0.1) is 0 Å². The summed E-state index contributed by atoms with van der Waals surface area (Å²) in [6, 6.07) is 0. The second kappa shape index (κ2) is 8.77. The van der Waals surface area contributed by atoms with Crippen molar-refractivity contribution in [2.24, 2.45) is 0 Å². The van der Waals surface area contributed by atoms with Crippen LogP contribution in [0.2, 0.25) is 0 Å². The summed E-state index contributed by atoms with van der Waals surface area (Å²) in [5.41, 5.74) is 0. The summed E-state index contributed by atoms with van der Waals surface area (Å²) >= 11 is 0. The monoisotopic (exact) mass is 248 g/mol. The summed E-state index contributed by atoms with van der Waals surface area (Å²) < 4.78 is 17.1. The minimum atomic E-state index is -5.39. The van der Waals surface area contributed by atoms with Crippen molar-refractivity contribution in [2.45, 2.75) is 0 Å². The van der Waals surface area contributed by atoms with Crippen molar-refractivity contribution in [3.05, 3.63) is 0 Å². The molecule has 0 N–H and O–H groups in total. The molecule has 0 saturated carbocycles. The van der Waals surface area contributed by atoms with Crippen LogP contribution in [0.4, 0.5) is 0 Å². The molecule has 2 radical (unpaired) electrons. The minimum Gasteiger partial charge on any atom is -0.822 e. The van der Waals surface area contributed by atoms with E-state index in [2.05, 4.69) is 0 Å². The Morgan fingerprint density at radius 3 is 0.667 bits per heavy atom. The van der Waals surface area contributed by atoms with Crippen LogP contribution in [0.15, 0.2) is 0 Å². The van der Waals surface area contributed by atoms with Crippen LogP contribution in [0, 0.1) is 0 Å². The average Bonchev–Trinajstić information content (AvgIpc) is 1.12. The van der Waals surface area contributed by atoms with Gasteiger partial charge in [-0.15, -0.1) is 0 Å². The average molecular weight is 248 g/mol. The van der Waals surface area contributed by atoms with Crippen LogP contribution in [0.3, 0.4) is 0 Å². The molecule has 0 spiro atoms. The first-order chi connectivity index (χ1) is 4.00. The third-order valence-electron chi connectivity index (χ3n) is 0. The number of phosphoric acid groups is 2. The fraction of sp³-hybridized carbons (Fsp3) is 0. The maximum atomic E-state index is 8.55. The number of hydrogen-bond donors (Lipinski definition) is 0. The van der Waals surface area contributed by atoms with Crippen LogP contribution in [-0.4, -0.2) is 17.4 Å². The smallest absolute Gasteiger partial charge is 0.822 e. The summed E-state index contributed by atoms with van der Waals surface area (Å²) in [4.78, 5) is 51.3. The van der Waals surface area contributed by atoms with E-state index in [9.17, 15) is 0 Å². The van der Waals surface area contributed by atoms with E-state index in [4.69, 9.17) is 38.5 Å². The Hall–Kier alpha value is 1.18. The maximum Gasteiger partial charge on any atom is 3.00 e. The van der Waals surface area contributed by atoms with Crippen LogP contribution in [0.5, 0.6) is 0 Å². The van der Waals surface area contributed by atoms with Gasteiger partial charge in [-0.25, -0.2) is 0 Å². The van der Waals surface area contributed by atoms with Gasteiger partial charge in [-0.3, -0.25) is 0 Å². The fourth-order valence-electron chi connectivity index (χ4n) is 0. The Bertz CT molecular complexity index is 127. The second-order valence-corrected chi connectivity index (χ2v) is 2.68. The van der Waals surface area contributed by atoms with Crippen molar-refractivity contribution < 1.29 is 38.5 Å². The Kier molecular flexibility index (Phi) is 17.0. The van der Waals surface area contributed by atoms with Crippen molar-refractivity contribution in [1.82, 2.24) is 0 Å². The summed E-state index contributed by atoms with van der Waals surface area (Å²) in [7, 11) is -10.8. The molecule has 0 bridgehead atoms. The third-order valence-corrected chi connectivity index (χ3v) is 0. The molecule has 0 aromatic rings. The van der Waals surface area contributed by atoms with Gasteiger partial charge in [-0.1, -0.05) is 0 Å². The van der Waals surface area contributed by atoms with Gasteiger partial charge in [0.2, 0.25) is 0 Å². The Morgan fingerprint density at radius 1 is 0.667 bits per heavy atom. The molecule has 0 atom stereocenters. The molecule has 8 nitrogen and oxygen atoms in total. The molecule has 0 heterocycles. The van der Waals surface area contributed by atoms with Gasteiger partial charge in [0.15, 0.2) is 0 Å². The fourth-order valence-corrected chi connectivity index (χ4v) is 0. The zero-order valence-electron chi connectivity index (χ0n) is 5.18. The van der Waals surface area contributed by atoms with Crippen molar-refractivity contribution in [3.8, 4) is 0 Å². The number of hydrogen-bond acceptors (Lipinski definition) is 8. The molecule has 0 aromatic heterocycles.